The zero-order valence-electron chi connectivity index (χ0n) is 31.5. The molecule has 1 aromatic rings. The van der Waals surface area contributed by atoms with Gasteiger partial charge in [-0.25, -0.2) is 8.42 Å². The third-order valence-electron chi connectivity index (χ3n) is 11.7. The zero-order valence-corrected chi connectivity index (χ0v) is 32.3. The van der Waals surface area contributed by atoms with Gasteiger partial charge in [-0.3, -0.25) is 25.4 Å². The largest absolute Gasteiger partial charge is 0.396 e. The van der Waals surface area contributed by atoms with Crippen LogP contribution in [0.5, 0.6) is 0 Å². The summed E-state index contributed by atoms with van der Waals surface area (Å²) in [5.74, 6) is 9.02. The van der Waals surface area contributed by atoms with E-state index in [-0.39, 0.29) is 11.8 Å². The Morgan fingerprint density at radius 2 is 1.29 bits per heavy atom. The highest BCUT2D eigenvalue weighted by Crippen LogP contribution is 2.35. The smallest absolute Gasteiger partial charge is 0.253 e. The lowest BCUT2D eigenvalue weighted by Crippen LogP contribution is -2.48. The number of nitrogens with one attached hydrogen (secondary N) is 1. The molecule has 9 aliphatic heterocycles. The molecule has 0 amide bonds. The van der Waals surface area contributed by atoms with Crippen LogP contribution in [0.4, 0.5) is 0 Å². The highest BCUT2D eigenvalue weighted by molar-refractivity contribution is 7.89. The van der Waals surface area contributed by atoms with Gasteiger partial charge in [0.05, 0.1) is 11.4 Å². The summed E-state index contributed by atoms with van der Waals surface area (Å²) in [7, 11) is -1.74. The quantitative estimate of drug-likeness (QED) is 0.290. The van der Waals surface area contributed by atoms with E-state index in [4.69, 9.17) is 10.9 Å². The zero-order chi connectivity index (χ0) is 35.9. The lowest BCUT2D eigenvalue weighted by atomic mass is 9.80. The summed E-state index contributed by atoms with van der Waals surface area (Å²) >= 11 is 0. The Balaban J connectivity index is 0.000000156. The molecule has 1 atom stereocenters. The summed E-state index contributed by atoms with van der Waals surface area (Å²) in [6.45, 7) is 23.2. The highest BCUT2D eigenvalue weighted by atomic mass is 32.2. The topological polar surface area (TPSA) is 132 Å². The van der Waals surface area contributed by atoms with Crippen molar-refractivity contribution < 1.29 is 18.3 Å². The molecule has 11 heteroatoms. The molecule has 0 aromatic heterocycles. The van der Waals surface area contributed by atoms with E-state index in [0.29, 0.717) is 35.0 Å². The maximum Gasteiger partial charge on any atom is 0.253 e. The van der Waals surface area contributed by atoms with E-state index < -0.39 is 10.0 Å². The standard InChI is InChI=1S/C15H26N2O2S.C8H14N2.C8H15NO.C7H11NO/c1-9(2)12-7-13(10(3)4)15(20(18,19)17-16)14(8-12)11(5)6;1-9-8-6-10-4-2-7(8)3-5-10;10-6-8-5-9-3-1-7(8)2-4-9;9-7-5-8-3-1-6(7)2-4-8/h7-11,17H,16H2,1-6H3;7H,2-6H2,1H3;7-8,10H,1-6H2;6H,1-5H2. The Hall–Kier alpha value is -1.73. The highest BCUT2D eigenvalue weighted by Gasteiger charge is 2.34. The summed E-state index contributed by atoms with van der Waals surface area (Å²) in [4.78, 5) is 24.9. The molecule has 9 saturated heterocycles. The number of benzene rings is 1. The minimum atomic E-state index is -3.66. The average Bonchev–Trinajstić information content (AvgIpc) is 3.13. The lowest BCUT2D eigenvalue weighted by Gasteiger charge is -2.44. The van der Waals surface area contributed by atoms with Crippen LogP contribution in [0, 0.1) is 23.7 Å². The number of sulfonamides is 1. The van der Waals surface area contributed by atoms with Gasteiger partial charge in [0.25, 0.3) is 10.0 Å². The normalized spacial score (nSPS) is 30.9. The number of hydrogen-bond acceptors (Lipinski definition) is 9. The summed E-state index contributed by atoms with van der Waals surface area (Å²) in [5.41, 5.74) is 4.27. The number of rotatable bonds is 6. The van der Waals surface area contributed by atoms with Gasteiger partial charge in [0.2, 0.25) is 0 Å². The molecule has 1 aromatic carbocycles. The molecule has 1 unspecified atom stereocenters. The molecule has 49 heavy (non-hydrogen) atoms. The van der Waals surface area contributed by atoms with Gasteiger partial charge in [-0.05, 0) is 124 Å². The molecule has 0 aliphatic carbocycles. The molecule has 9 aliphatic rings. The second-order valence-corrected chi connectivity index (χ2v) is 17.6. The van der Waals surface area contributed by atoms with Crippen LogP contribution < -0.4 is 10.7 Å². The second kappa shape index (κ2) is 18.2. The van der Waals surface area contributed by atoms with E-state index in [1.807, 2.05) is 51.7 Å². The van der Waals surface area contributed by atoms with Crippen molar-refractivity contribution in [1.29, 1.82) is 0 Å². The Morgan fingerprint density at radius 3 is 1.53 bits per heavy atom. The van der Waals surface area contributed by atoms with Crippen molar-refractivity contribution in [2.45, 2.75) is 103 Å². The minimum Gasteiger partial charge on any atom is -0.396 e. The van der Waals surface area contributed by atoms with Crippen LogP contribution in [0.15, 0.2) is 22.0 Å². The number of carbonyl (C=O) groups is 1. The monoisotopic (exact) mass is 702 g/mol. The van der Waals surface area contributed by atoms with Crippen molar-refractivity contribution in [2.24, 2.45) is 34.5 Å². The summed E-state index contributed by atoms with van der Waals surface area (Å²) in [6, 6.07) is 3.98. The van der Waals surface area contributed by atoms with E-state index in [1.165, 1.54) is 57.6 Å². The van der Waals surface area contributed by atoms with Crippen molar-refractivity contribution in [1.82, 2.24) is 19.5 Å². The molecule has 10 nitrogen and oxygen atoms in total. The Morgan fingerprint density at radius 1 is 0.796 bits per heavy atom. The fourth-order valence-corrected chi connectivity index (χ4v) is 9.68. The van der Waals surface area contributed by atoms with E-state index in [0.717, 1.165) is 74.1 Å². The number of aliphatic hydroxyl groups is 1. The van der Waals surface area contributed by atoms with Gasteiger partial charge in [0, 0.05) is 44.3 Å². The molecule has 9 fully saturated rings. The number of aliphatic hydroxyl groups excluding tert-OH is 1. The fraction of sp³-hybridized carbons (Fsp3) is 0.789. The summed E-state index contributed by atoms with van der Waals surface area (Å²) in [5, 5.41) is 8.99. The van der Waals surface area contributed by atoms with Gasteiger partial charge >= 0.3 is 0 Å². The predicted molar refractivity (Wildman–Crippen MR) is 200 cm³/mol. The first-order valence-electron chi connectivity index (χ1n) is 18.9. The van der Waals surface area contributed by atoms with Crippen LogP contribution >= 0.6 is 0 Å². The Labute approximate surface area is 297 Å². The molecule has 0 saturated carbocycles. The van der Waals surface area contributed by atoms with Gasteiger partial charge in [0.1, 0.15) is 5.78 Å². The molecule has 0 spiro atoms. The number of carbonyl (C=O) groups excluding carboxylic acids is 1. The van der Waals surface area contributed by atoms with Crippen LogP contribution in [0.3, 0.4) is 0 Å². The van der Waals surface area contributed by atoms with E-state index in [2.05, 4.69) is 33.5 Å². The van der Waals surface area contributed by atoms with Crippen molar-refractivity contribution in [3.05, 3.63) is 28.8 Å². The molecule has 9 heterocycles. The number of ketones is 1. The van der Waals surface area contributed by atoms with Gasteiger partial charge in [-0.15, -0.1) is 0 Å². The van der Waals surface area contributed by atoms with Gasteiger partial charge < -0.3 is 10.0 Å². The van der Waals surface area contributed by atoms with Crippen molar-refractivity contribution in [2.75, 3.05) is 72.6 Å². The Kier molecular flexibility index (Phi) is 14.8. The molecule has 6 bridgehead atoms. The van der Waals surface area contributed by atoms with Crippen LogP contribution in [0.25, 0.3) is 0 Å². The molecular formula is C38H66N6O4S. The number of nitrogens with two attached hydrogens (primary N) is 1. The number of hydrogen-bond donors (Lipinski definition) is 3. The third kappa shape index (κ3) is 10.4. The molecule has 0 radical (unpaired) electrons. The maximum atomic E-state index is 12.3. The van der Waals surface area contributed by atoms with Gasteiger partial charge in [-0.2, -0.15) is 4.83 Å². The summed E-state index contributed by atoms with van der Waals surface area (Å²) in [6.07, 6.45) is 7.60. The third-order valence-corrected chi connectivity index (χ3v) is 13.0. The number of hydrazine groups is 1. The number of aliphatic imine (C=N–C) groups is 1. The van der Waals surface area contributed by atoms with Crippen molar-refractivity contribution in [3.8, 4) is 0 Å². The van der Waals surface area contributed by atoms with E-state index in [1.54, 1.807) is 0 Å². The fourth-order valence-electron chi connectivity index (χ4n) is 8.35. The SMILES string of the molecule is CC(C)c1cc(C(C)C)c(S(=O)(=O)NN)c(C(C)C)c1.CN=C1CN2CCC1CC2.O=C1CN2CCC1CC2.OCC1CN2CCC1CC2. The van der Waals surface area contributed by atoms with E-state index in [9.17, 15) is 13.2 Å². The second-order valence-electron chi connectivity index (χ2n) is 16.0. The molecule has 4 N–H and O–H groups in total. The molecule has 10 rings (SSSR count). The average molecular weight is 703 g/mol. The summed E-state index contributed by atoms with van der Waals surface area (Å²) < 4.78 is 24.6. The number of fused-ring (bicyclic) bond motifs is 9. The number of Topliss-reactive ketones (excluding diaryl/α,β-unsaturated/α-hetero) is 1. The van der Waals surface area contributed by atoms with Gasteiger partial charge in [0.15, 0.2) is 0 Å². The van der Waals surface area contributed by atoms with Crippen LogP contribution in [0.1, 0.15) is 115 Å². The van der Waals surface area contributed by atoms with Crippen molar-refractivity contribution >= 4 is 21.5 Å². The van der Waals surface area contributed by atoms with Crippen LogP contribution in [-0.2, 0) is 14.8 Å². The first-order chi connectivity index (χ1) is 23.3. The predicted octanol–water partition coefficient (Wildman–Crippen LogP) is 4.59. The van der Waals surface area contributed by atoms with Crippen LogP contribution in [0.2, 0.25) is 0 Å². The van der Waals surface area contributed by atoms with Crippen molar-refractivity contribution in [3.63, 3.8) is 0 Å². The molecular weight excluding hydrogens is 637 g/mol. The first kappa shape index (κ1) is 40.0. The lowest BCUT2D eigenvalue weighted by molar-refractivity contribution is -0.130. The maximum absolute atomic E-state index is 12.3. The first-order valence-corrected chi connectivity index (χ1v) is 20.4. The number of nitrogens with zero attached hydrogens (tertiary/aromatic N) is 4. The van der Waals surface area contributed by atoms with Crippen LogP contribution in [-0.4, -0.2) is 112 Å². The molecule has 278 valence electrons. The minimum absolute atomic E-state index is 0.115. The Bertz CT molecular complexity index is 1330. The number of piperidine rings is 9. The van der Waals surface area contributed by atoms with Gasteiger partial charge in [-0.1, -0.05) is 53.7 Å². The van der Waals surface area contributed by atoms with E-state index >= 15 is 0 Å².